The average molecular weight is 1080 g/mol. The molecular weight excluding hydrogens is 981 g/mol. The number of benzene rings is 1. The minimum Gasteiger partial charge on any atom is -0.497 e. The lowest BCUT2D eigenvalue weighted by Crippen LogP contribution is -2.41. The molecule has 1 aromatic carbocycles. The first kappa shape index (κ1) is 63.6. The van der Waals surface area contributed by atoms with Gasteiger partial charge in [-0.05, 0) is 118 Å². The lowest BCUT2D eigenvalue weighted by molar-refractivity contribution is -0.137. The fraction of sp³-hybridized carbons (Fsp3) is 0.683. The molecule has 0 bridgehead atoms. The molecule has 0 radical (unpaired) electrons. The number of carboxylic acid groups (broad SMARTS) is 1. The molecule has 15 nitrogen and oxygen atoms in total. The smallest absolute Gasteiger partial charge is 0.303 e. The quantitative estimate of drug-likeness (QED) is 0.0394. The summed E-state index contributed by atoms with van der Waals surface area (Å²) in [6.45, 7) is 11.9. The molecule has 3 heterocycles. The molecule has 3 aromatic rings. The van der Waals surface area contributed by atoms with E-state index in [1.165, 1.54) is 89.9 Å². The second-order valence-corrected chi connectivity index (χ2v) is 23.4. The van der Waals surface area contributed by atoms with Gasteiger partial charge in [-0.2, -0.15) is 0 Å². The highest BCUT2D eigenvalue weighted by Gasteiger charge is 2.35. The number of aryl methyl sites for hydroxylation is 1. The summed E-state index contributed by atoms with van der Waals surface area (Å²) >= 11 is 0. The Morgan fingerprint density at radius 3 is 2.03 bits per heavy atom. The Hall–Kier alpha value is -5.28. The van der Waals surface area contributed by atoms with Gasteiger partial charge in [0.1, 0.15) is 11.6 Å². The third kappa shape index (κ3) is 24.4. The number of pyridine rings is 2. The Morgan fingerprint density at radius 1 is 0.795 bits per heavy atom. The van der Waals surface area contributed by atoms with Crippen molar-refractivity contribution in [3.63, 3.8) is 0 Å². The molecule has 1 atom stereocenters. The van der Waals surface area contributed by atoms with Crippen molar-refractivity contribution in [2.24, 2.45) is 23.0 Å². The van der Waals surface area contributed by atoms with Crippen molar-refractivity contribution in [1.29, 1.82) is 0 Å². The molecule has 1 saturated carbocycles. The SMILES string of the molecule is COc1ccc(C(=O)N(CC(C)(C)CCCCCCCCCCCCCCCCCCCC(=O)NCCCN(C)CC(=O)NCCN)c2cccc(C)n2)c(N2CCC(COc3cc([C@@H](CC(=O)O)C4CC4)ccn3)CC2)c1. The minimum absolute atomic E-state index is 0.00362. The summed E-state index contributed by atoms with van der Waals surface area (Å²) in [5, 5.41) is 15.3. The fourth-order valence-electron chi connectivity index (χ4n) is 11.0. The van der Waals surface area contributed by atoms with E-state index in [-0.39, 0.29) is 35.5 Å². The number of piperidine rings is 1. The van der Waals surface area contributed by atoms with Crippen molar-refractivity contribution in [2.75, 3.05) is 82.9 Å². The van der Waals surface area contributed by atoms with Crippen molar-refractivity contribution >= 4 is 35.2 Å². The molecule has 2 aliphatic rings. The third-order valence-electron chi connectivity index (χ3n) is 15.8. The number of hydrogen-bond donors (Lipinski definition) is 4. The molecule has 78 heavy (non-hydrogen) atoms. The number of hydrogen-bond acceptors (Lipinski definition) is 11. The Morgan fingerprint density at radius 2 is 1.42 bits per heavy atom. The summed E-state index contributed by atoms with van der Waals surface area (Å²) < 4.78 is 12.0. The zero-order chi connectivity index (χ0) is 56.0. The van der Waals surface area contributed by atoms with Crippen LogP contribution in [0.25, 0.3) is 0 Å². The van der Waals surface area contributed by atoms with Crippen LogP contribution in [0.1, 0.15) is 202 Å². The summed E-state index contributed by atoms with van der Waals surface area (Å²) in [7, 11) is 3.58. The van der Waals surface area contributed by atoms with Crippen LogP contribution in [0, 0.1) is 24.2 Å². The second-order valence-electron chi connectivity index (χ2n) is 23.4. The highest BCUT2D eigenvalue weighted by atomic mass is 16.5. The number of nitrogens with one attached hydrogen (secondary N) is 2. The largest absolute Gasteiger partial charge is 0.497 e. The van der Waals surface area contributed by atoms with Crippen molar-refractivity contribution in [2.45, 2.75) is 187 Å². The van der Waals surface area contributed by atoms with Crippen molar-refractivity contribution in [3.05, 3.63) is 71.5 Å². The predicted molar refractivity (Wildman–Crippen MR) is 315 cm³/mol. The van der Waals surface area contributed by atoms with Crippen LogP contribution in [-0.2, 0) is 14.4 Å². The van der Waals surface area contributed by atoms with Crippen LogP contribution < -0.4 is 35.6 Å². The Kier molecular flexibility index (Phi) is 28.8. The van der Waals surface area contributed by atoms with Crippen molar-refractivity contribution < 1.29 is 33.8 Å². The number of rotatable bonds is 41. The van der Waals surface area contributed by atoms with Crippen LogP contribution in [0.5, 0.6) is 11.6 Å². The maximum absolute atomic E-state index is 15.0. The van der Waals surface area contributed by atoms with Gasteiger partial charge in [-0.25, -0.2) is 9.97 Å². The predicted octanol–water partition coefficient (Wildman–Crippen LogP) is 11.7. The number of carboxylic acids is 1. The van der Waals surface area contributed by atoms with E-state index in [1.807, 2.05) is 72.3 Å². The zero-order valence-electron chi connectivity index (χ0n) is 48.7. The molecule has 0 spiro atoms. The second kappa shape index (κ2) is 35.4. The van der Waals surface area contributed by atoms with E-state index < -0.39 is 5.97 Å². The average Bonchev–Trinajstić information content (AvgIpc) is 4.30. The summed E-state index contributed by atoms with van der Waals surface area (Å²) in [6.07, 6.45) is 29.6. The van der Waals surface area contributed by atoms with Gasteiger partial charge in [0.25, 0.3) is 5.91 Å². The first-order valence-electron chi connectivity index (χ1n) is 30.2. The Labute approximate surface area is 469 Å². The maximum atomic E-state index is 15.0. The summed E-state index contributed by atoms with van der Waals surface area (Å²) in [6, 6.07) is 15.6. The molecule has 0 unspecified atom stereocenters. The van der Waals surface area contributed by atoms with E-state index >= 15 is 0 Å². The molecule has 3 amide bonds. The number of aliphatic carboxylic acids is 1. The van der Waals surface area contributed by atoms with Crippen LogP contribution >= 0.6 is 0 Å². The number of methoxy groups -OCH3 is 1. The van der Waals surface area contributed by atoms with Gasteiger partial charge < -0.3 is 35.8 Å². The highest BCUT2D eigenvalue weighted by molar-refractivity contribution is 6.09. The summed E-state index contributed by atoms with van der Waals surface area (Å²) in [5.74, 6) is 1.96. The van der Waals surface area contributed by atoms with Crippen LogP contribution in [-0.4, -0.2) is 117 Å². The molecule has 5 N–H and O–H groups in total. The normalized spacial score (nSPS) is 14.3. The zero-order valence-corrected chi connectivity index (χ0v) is 48.7. The third-order valence-corrected chi connectivity index (χ3v) is 15.8. The number of carbonyl (C=O) groups excluding carboxylic acids is 3. The van der Waals surface area contributed by atoms with E-state index in [0.29, 0.717) is 80.6 Å². The van der Waals surface area contributed by atoms with Gasteiger partial charge in [0.15, 0.2) is 0 Å². The molecule has 434 valence electrons. The topological polar surface area (TPSA) is 193 Å². The van der Waals surface area contributed by atoms with Crippen LogP contribution in [0.4, 0.5) is 11.5 Å². The lowest BCUT2D eigenvalue weighted by Gasteiger charge is -2.36. The minimum atomic E-state index is -0.773. The van der Waals surface area contributed by atoms with Gasteiger partial charge in [0.05, 0.1) is 37.9 Å². The summed E-state index contributed by atoms with van der Waals surface area (Å²) in [5.41, 5.74) is 8.70. The van der Waals surface area contributed by atoms with Gasteiger partial charge in [0, 0.05) is 76.3 Å². The first-order valence-corrected chi connectivity index (χ1v) is 30.2. The number of nitrogens with two attached hydrogens (primary N) is 1. The van der Waals surface area contributed by atoms with Gasteiger partial charge in [-0.1, -0.05) is 123 Å². The number of unbranched alkanes of at least 4 members (excludes halogenated alkanes) is 16. The van der Waals surface area contributed by atoms with Crippen LogP contribution in [0.3, 0.4) is 0 Å². The number of anilines is 2. The van der Waals surface area contributed by atoms with E-state index in [4.69, 9.17) is 20.2 Å². The molecular formula is C63H100N8O7. The van der Waals surface area contributed by atoms with Gasteiger partial charge in [0.2, 0.25) is 17.7 Å². The molecule has 15 heteroatoms. The van der Waals surface area contributed by atoms with Gasteiger partial charge in [-0.3, -0.25) is 29.0 Å². The van der Waals surface area contributed by atoms with E-state index in [2.05, 4.69) is 34.4 Å². The lowest BCUT2D eigenvalue weighted by atomic mass is 9.85. The Balaban J connectivity index is 0.935. The van der Waals surface area contributed by atoms with Crippen LogP contribution in [0.15, 0.2) is 54.7 Å². The molecule has 2 aromatic heterocycles. The fourth-order valence-corrected chi connectivity index (χ4v) is 11.0. The number of likely N-dealkylation sites (N-methyl/N-ethyl adjacent to an activating group) is 1. The number of amides is 3. The molecule has 5 rings (SSSR count). The molecule has 1 saturated heterocycles. The van der Waals surface area contributed by atoms with Gasteiger partial charge >= 0.3 is 5.97 Å². The maximum Gasteiger partial charge on any atom is 0.303 e. The first-order chi connectivity index (χ1) is 37.7. The number of aromatic nitrogens is 2. The molecule has 1 aliphatic heterocycles. The molecule has 1 aliphatic carbocycles. The molecule has 2 fully saturated rings. The number of nitrogens with zero attached hydrogens (tertiary/aromatic N) is 5. The summed E-state index contributed by atoms with van der Waals surface area (Å²) in [4.78, 5) is 66.1. The van der Waals surface area contributed by atoms with Crippen LogP contribution in [0.2, 0.25) is 0 Å². The van der Waals surface area contributed by atoms with E-state index in [1.54, 1.807) is 13.3 Å². The van der Waals surface area contributed by atoms with Crippen molar-refractivity contribution in [1.82, 2.24) is 25.5 Å². The number of ether oxygens (including phenoxy) is 2. The monoisotopic (exact) mass is 1080 g/mol. The van der Waals surface area contributed by atoms with Crippen molar-refractivity contribution in [3.8, 4) is 11.6 Å². The highest BCUT2D eigenvalue weighted by Crippen LogP contribution is 2.45. The number of carbonyl (C=O) groups is 4. The van der Waals surface area contributed by atoms with Gasteiger partial charge in [-0.15, -0.1) is 0 Å². The van der Waals surface area contributed by atoms with E-state index in [0.717, 1.165) is 94.4 Å². The Bertz CT molecular complexity index is 2230. The standard InChI is InChI=1S/C63H100N8O7/c1-49-25-23-26-57(68-49)71(62(76)54-31-30-53(77-5)44-56(54)70-41-33-50(34-42-70)47-78-60-43-52(32-38-67-60)55(45-61(74)75)51-28-29-51)48-63(2,3)35-22-20-18-16-14-12-10-8-6-7-9-11-13-15-17-19-21-27-58(72)65-37-24-40-69(4)46-59(73)66-39-36-64/h23,25-26,30-32,38,43-44,50-51,55H,6-22,24,27-29,33-37,39-42,45-48,64H2,1-5H3,(H,65,72)(H,66,73)(H,74,75)/t55-/m0/s1. The van der Waals surface area contributed by atoms with E-state index in [9.17, 15) is 24.3 Å².